The number of halogens is 1. The van der Waals surface area contributed by atoms with E-state index in [4.69, 9.17) is 10.5 Å². The Kier molecular flexibility index (Phi) is 4.14. The van der Waals surface area contributed by atoms with Crippen molar-refractivity contribution in [2.45, 2.75) is 13.8 Å². The predicted octanol–water partition coefficient (Wildman–Crippen LogP) is 3.89. The van der Waals surface area contributed by atoms with Gasteiger partial charge < -0.3 is 10.5 Å². The summed E-state index contributed by atoms with van der Waals surface area (Å²) in [6.45, 7) is 3.83. The Hall–Kier alpha value is -1.81. The number of ketones is 1. The number of hydrogen-bond acceptors (Lipinski definition) is 3. The number of benzene rings is 2. The van der Waals surface area contributed by atoms with Crippen LogP contribution in [0.1, 0.15) is 27.0 Å². The Balaban J connectivity index is 2.48. The lowest BCUT2D eigenvalue weighted by Crippen LogP contribution is -2.05. The van der Waals surface area contributed by atoms with Gasteiger partial charge >= 0.3 is 0 Å². The molecule has 104 valence electrons. The molecule has 4 heteroatoms. The molecule has 0 unspecified atom stereocenters. The van der Waals surface area contributed by atoms with Crippen LogP contribution in [0.2, 0.25) is 0 Å². The summed E-state index contributed by atoms with van der Waals surface area (Å²) >= 11 is 3.35. The van der Waals surface area contributed by atoms with Crippen molar-refractivity contribution in [2.75, 3.05) is 12.8 Å². The molecule has 2 rings (SSSR count). The molecule has 2 N–H and O–H groups in total. The van der Waals surface area contributed by atoms with Gasteiger partial charge in [-0.05, 0) is 71.2 Å². The van der Waals surface area contributed by atoms with Crippen molar-refractivity contribution in [1.82, 2.24) is 0 Å². The topological polar surface area (TPSA) is 52.3 Å². The van der Waals surface area contributed by atoms with Crippen LogP contribution in [-0.2, 0) is 0 Å². The van der Waals surface area contributed by atoms with Gasteiger partial charge in [-0.1, -0.05) is 0 Å². The van der Waals surface area contributed by atoms with Gasteiger partial charge in [0.1, 0.15) is 5.75 Å². The standard InChI is InChI=1S/C16H16BrNO2/c1-9-7-15(20-3)10(2)6-12(9)16(19)11-4-5-14(18)13(17)8-11/h4-8H,18H2,1-3H3. The lowest BCUT2D eigenvalue weighted by molar-refractivity contribution is 0.103. The highest BCUT2D eigenvalue weighted by molar-refractivity contribution is 9.10. The number of hydrogen-bond donors (Lipinski definition) is 1. The van der Waals surface area contributed by atoms with Crippen LogP contribution in [0.25, 0.3) is 0 Å². The molecule has 0 bridgehead atoms. The quantitative estimate of drug-likeness (QED) is 0.684. The van der Waals surface area contributed by atoms with Crippen LogP contribution in [0.4, 0.5) is 5.69 Å². The molecular weight excluding hydrogens is 318 g/mol. The molecule has 20 heavy (non-hydrogen) atoms. The highest BCUT2D eigenvalue weighted by Crippen LogP contribution is 2.26. The maximum atomic E-state index is 12.6. The molecule has 0 spiro atoms. The molecule has 2 aromatic rings. The van der Waals surface area contributed by atoms with Crippen molar-refractivity contribution in [1.29, 1.82) is 0 Å². The van der Waals surface area contributed by atoms with Crippen LogP contribution in [0.5, 0.6) is 5.75 Å². The summed E-state index contributed by atoms with van der Waals surface area (Å²) in [5, 5.41) is 0. The normalized spacial score (nSPS) is 10.4. The summed E-state index contributed by atoms with van der Waals surface area (Å²) in [4.78, 5) is 12.6. The monoisotopic (exact) mass is 333 g/mol. The van der Waals surface area contributed by atoms with E-state index in [0.29, 0.717) is 16.8 Å². The fraction of sp³-hybridized carbons (Fsp3) is 0.188. The molecule has 2 aromatic carbocycles. The summed E-state index contributed by atoms with van der Waals surface area (Å²) < 4.78 is 5.99. The number of aryl methyl sites for hydroxylation is 2. The second kappa shape index (κ2) is 5.67. The molecule has 0 saturated heterocycles. The third kappa shape index (κ3) is 2.70. The summed E-state index contributed by atoms with van der Waals surface area (Å²) in [6.07, 6.45) is 0. The van der Waals surface area contributed by atoms with Gasteiger partial charge in [-0.3, -0.25) is 4.79 Å². The number of carbonyl (C=O) groups excluding carboxylic acids is 1. The van der Waals surface area contributed by atoms with Crippen molar-refractivity contribution in [3.05, 3.63) is 57.1 Å². The fourth-order valence-corrected chi connectivity index (χ4v) is 2.46. The fourth-order valence-electron chi connectivity index (χ4n) is 2.08. The van der Waals surface area contributed by atoms with E-state index in [1.54, 1.807) is 25.3 Å². The number of nitrogens with two attached hydrogens (primary N) is 1. The first-order valence-corrected chi connectivity index (χ1v) is 6.98. The smallest absolute Gasteiger partial charge is 0.193 e. The van der Waals surface area contributed by atoms with Crippen molar-refractivity contribution in [3.8, 4) is 5.75 Å². The van der Waals surface area contributed by atoms with E-state index in [0.717, 1.165) is 21.3 Å². The van der Waals surface area contributed by atoms with Crippen LogP contribution in [0, 0.1) is 13.8 Å². The van der Waals surface area contributed by atoms with Gasteiger partial charge in [-0.25, -0.2) is 0 Å². The average molecular weight is 334 g/mol. The summed E-state index contributed by atoms with van der Waals surface area (Å²) in [7, 11) is 1.63. The van der Waals surface area contributed by atoms with E-state index in [1.807, 2.05) is 26.0 Å². The Bertz CT molecular complexity index is 680. The maximum Gasteiger partial charge on any atom is 0.193 e. The van der Waals surface area contributed by atoms with E-state index in [9.17, 15) is 4.79 Å². The number of carbonyl (C=O) groups is 1. The summed E-state index contributed by atoms with van der Waals surface area (Å²) in [6, 6.07) is 8.96. The predicted molar refractivity (Wildman–Crippen MR) is 84.5 cm³/mol. The molecule has 0 atom stereocenters. The number of nitrogen functional groups attached to an aromatic ring is 1. The second-order valence-corrected chi connectivity index (χ2v) is 5.56. The Morgan fingerprint density at radius 1 is 1.15 bits per heavy atom. The number of methoxy groups -OCH3 is 1. The third-order valence-electron chi connectivity index (χ3n) is 3.25. The third-order valence-corrected chi connectivity index (χ3v) is 3.94. The first kappa shape index (κ1) is 14.6. The highest BCUT2D eigenvalue weighted by atomic mass is 79.9. The zero-order valence-corrected chi connectivity index (χ0v) is 13.2. The van der Waals surface area contributed by atoms with Gasteiger partial charge in [0.15, 0.2) is 5.78 Å². The highest BCUT2D eigenvalue weighted by Gasteiger charge is 2.15. The van der Waals surface area contributed by atoms with E-state index >= 15 is 0 Å². The molecule has 0 saturated carbocycles. The number of ether oxygens (including phenoxy) is 1. The molecule has 0 aliphatic rings. The van der Waals surface area contributed by atoms with Crippen molar-refractivity contribution in [3.63, 3.8) is 0 Å². The number of anilines is 1. The van der Waals surface area contributed by atoms with E-state index in [-0.39, 0.29) is 5.78 Å². The minimum Gasteiger partial charge on any atom is -0.496 e. The molecule has 3 nitrogen and oxygen atoms in total. The van der Waals surface area contributed by atoms with E-state index in [1.165, 1.54) is 0 Å². The maximum absolute atomic E-state index is 12.6. The number of rotatable bonds is 3. The van der Waals surface area contributed by atoms with Gasteiger partial charge in [0, 0.05) is 21.3 Å². The zero-order valence-electron chi connectivity index (χ0n) is 11.7. The van der Waals surface area contributed by atoms with Crippen molar-refractivity contribution < 1.29 is 9.53 Å². The first-order valence-electron chi connectivity index (χ1n) is 6.19. The minimum atomic E-state index is -0.0195. The summed E-state index contributed by atoms with van der Waals surface area (Å²) in [5.74, 6) is 0.770. The minimum absolute atomic E-state index is 0.0195. The zero-order chi connectivity index (χ0) is 14.9. The van der Waals surface area contributed by atoms with Gasteiger partial charge in [0.05, 0.1) is 7.11 Å². The van der Waals surface area contributed by atoms with Gasteiger partial charge in [-0.15, -0.1) is 0 Å². The lowest BCUT2D eigenvalue weighted by atomic mass is 9.96. The van der Waals surface area contributed by atoms with E-state index < -0.39 is 0 Å². The molecule has 0 aromatic heterocycles. The molecule has 0 radical (unpaired) electrons. The van der Waals surface area contributed by atoms with Crippen LogP contribution in [0.3, 0.4) is 0 Å². The molecule has 0 heterocycles. The molecule has 0 fully saturated rings. The van der Waals surface area contributed by atoms with Crippen LogP contribution >= 0.6 is 15.9 Å². The van der Waals surface area contributed by atoms with Crippen LogP contribution < -0.4 is 10.5 Å². The molecule has 0 aliphatic heterocycles. The average Bonchev–Trinajstić information content (AvgIpc) is 2.43. The van der Waals surface area contributed by atoms with Gasteiger partial charge in [-0.2, -0.15) is 0 Å². The van der Waals surface area contributed by atoms with Gasteiger partial charge in [0.25, 0.3) is 0 Å². The SMILES string of the molecule is COc1cc(C)c(C(=O)c2ccc(N)c(Br)c2)cc1C. The Morgan fingerprint density at radius 2 is 1.85 bits per heavy atom. The first-order chi connectivity index (χ1) is 9.43. The Morgan fingerprint density at radius 3 is 2.45 bits per heavy atom. The molecular formula is C16H16BrNO2. The van der Waals surface area contributed by atoms with Gasteiger partial charge in [0.2, 0.25) is 0 Å². The van der Waals surface area contributed by atoms with Crippen LogP contribution in [0.15, 0.2) is 34.8 Å². The van der Waals surface area contributed by atoms with E-state index in [2.05, 4.69) is 15.9 Å². The molecule has 0 amide bonds. The summed E-state index contributed by atoms with van der Waals surface area (Å²) in [5.41, 5.74) is 9.48. The van der Waals surface area contributed by atoms with Crippen molar-refractivity contribution >= 4 is 27.4 Å². The lowest BCUT2D eigenvalue weighted by Gasteiger charge is -2.11. The second-order valence-electron chi connectivity index (χ2n) is 4.70. The molecule has 0 aliphatic carbocycles. The Labute approximate surface area is 126 Å². The van der Waals surface area contributed by atoms with Crippen molar-refractivity contribution in [2.24, 2.45) is 0 Å². The largest absolute Gasteiger partial charge is 0.496 e. The van der Waals surface area contributed by atoms with Crippen LogP contribution in [-0.4, -0.2) is 12.9 Å².